The van der Waals surface area contributed by atoms with Crippen molar-refractivity contribution in [3.8, 4) is 0 Å². The fraction of sp³-hybridized carbons (Fsp3) is 0.348. The number of rotatable bonds is 7. The number of halogens is 1. The van der Waals surface area contributed by atoms with Gasteiger partial charge in [0.15, 0.2) is 5.16 Å². The van der Waals surface area contributed by atoms with Crippen LogP contribution >= 0.6 is 27.7 Å². The number of carbonyl (C=O) groups is 1. The molecule has 1 aliphatic carbocycles. The van der Waals surface area contributed by atoms with Gasteiger partial charge in [0.2, 0.25) is 17.8 Å². The van der Waals surface area contributed by atoms with E-state index in [1.54, 1.807) is 6.20 Å². The number of nitrogens with zero attached hydrogens (tertiary/aromatic N) is 6. The average Bonchev–Trinajstić information content (AvgIpc) is 3.68. The number of pyridine rings is 1. The zero-order valence-electron chi connectivity index (χ0n) is 18.7. The highest BCUT2D eigenvalue weighted by molar-refractivity contribution is 9.10. The first kappa shape index (κ1) is 23.0. The molecular formula is C23H25BrN8OS. The van der Waals surface area contributed by atoms with Gasteiger partial charge in [0, 0.05) is 53.3 Å². The number of aromatic nitrogens is 4. The van der Waals surface area contributed by atoms with E-state index in [-0.39, 0.29) is 11.8 Å². The molecule has 3 aromatic rings. The Balaban J connectivity index is 1.35. The second kappa shape index (κ2) is 10.2. The Morgan fingerprint density at radius 2 is 1.79 bits per heavy atom. The van der Waals surface area contributed by atoms with Gasteiger partial charge in [-0.3, -0.25) is 4.79 Å². The Morgan fingerprint density at radius 3 is 2.47 bits per heavy atom. The lowest BCUT2D eigenvalue weighted by atomic mass is 10.3. The standard InChI is InChI=1S/C23H25BrN8OS/c1-31-10-12-32(13-11-31)22-28-21(27-19-9-4-16(24)14-25-19)29-23(30-22)34-18-7-5-17(6-8-18)26-20(33)15-2-3-15/h4-9,14-15H,2-3,10-13H2,1H3,(H,26,33)(H,25,27,28,29,30). The number of amides is 1. The Kier molecular flexibility index (Phi) is 6.93. The van der Waals surface area contributed by atoms with Crippen LogP contribution in [0.3, 0.4) is 0 Å². The Morgan fingerprint density at radius 1 is 1.03 bits per heavy atom. The SMILES string of the molecule is CN1CCN(c2nc(Nc3ccc(Br)cn3)nc(Sc3ccc(NC(=O)C4CC4)cc3)n2)CC1. The van der Waals surface area contributed by atoms with Crippen LogP contribution in [0.5, 0.6) is 0 Å². The third-order valence-corrected chi connectivity index (χ3v) is 6.98. The summed E-state index contributed by atoms with van der Waals surface area (Å²) in [5, 5.41) is 6.77. The molecule has 11 heteroatoms. The predicted octanol–water partition coefficient (Wildman–Crippen LogP) is 4.02. The van der Waals surface area contributed by atoms with Crippen LogP contribution in [-0.4, -0.2) is 64.0 Å². The highest BCUT2D eigenvalue weighted by atomic mass is 79.9. The largest absolute Gasteiger partial charge is 0.338 e. The first-order chi connectivity index (χ1) is 16.5. The van der Waals surface area contributed by atoms with Crippen LogP contribution in [0.4, 0.5) is 23.4 Å². The summed E-state index contributed by atoms with van der Waals surface area (Å²) < 4.78 is 0.903. The molecule has 3 heterocycles. The van der Waals surface area contributed by atoms with Gasteiger partial charge < -0.3 is 20.4 Å². The molecule has 1 saturated carbocycles. The molecule has 5 rings (SSSR count). The maximum atomic E-state index is 12.0. The summed E-state index contributed by atoms with van der Waals surface area (Å²) in [6.07, 6.45) is 3.70. The van der Waals surface area contributed by atoms with Gasteiger partial charge in [0.1, 0.15) is 5.82 Å². The Labute approximate surface area is 210 Å². The van der Waals surface area contributed by atoms with Gasteiger partial charge in [-0.25, -0.2) is 4.98 Å². The van der Waals surface area contributed by atoms with E-state index in [0.29, 0.717) is 22.9 Å². The molecule has 0 atom stereocenters. The number of benzene rings is 1. The van der Waals surface area contributed by atoms with Crippen molar-refractivity contribution in [3.63, 3.8) is 0 Å². The molecule has 1 aromatic carbocycles. The highest BCUT2D eigenvalue weighted by Gasteiger charge is 2.29. The summed E-state index contributed by atoms with van der Waals surface area (Å²) in [5.74, 6) is 2.05. The molecule has 9 nitrogen and oxygen atoms in total. The second-order valence-corrected chi connectivity index (χ2v) is 10.4. The van der Waals surface area contributed by atoms with Crippen LogP contribution in [-0.2, 0) is 4.79 Å². The molecule has 34 heavy (non-hydrogen) atoms. The molecule has 2 N–H and O–H groups in total. The monoisotopic (exact) mass is 540 g/mol. The van der Waals surface area contributed by atoms with E-state index in [4.69, 9.17) is 4.98 Å². The lowest BCUT2D eigenvalue weighted by Crippen LogP contribution is -2.45. The van der Waals surface area contributed by atoms with Gasteiger partial charge in [-0.15, -0.1) is 0 Å². The normalized spacial score (nSPS) is 16.4. The summed E-state index contributed by atoms with van der Waals surface area (Å²) in [7, 11) is 2.12. The molecule has 0 unspecified atom stereocenters. The van der Waals surface area contributed by atoms with Crippen molar-refractivity contribution in [1.82, 2.24) is 24.8 Å². The van der Waals surface area contributed by atoms with Crippen LogP contribution in [0.2, 0.25) is 0 Å². The summed E-state index contributed by atoms with van der Waals surface area (Å²) in [6, 6.07) is 11.5. The van der Waals surface area contributed by atoms with Crippen LogP contribution in [0, 0.1) is 5.92 Å². The van der Waals surface area contributed by atoms with Crippen LogP contribution in [0.15, 0.2) is 57.1 Å². The summed E-state index contributed by atoms with van der Waals surface area (Å²) in [4.78, 5) is 35.9. The molecule has 2 fully saturated rings. The fourth-order valence-corrected chi connectivity index (χ4v) is 4.44. The quantitative estimate of drug-likeness (QED) is 0.460. The van der Waals surface area contributed by atoms with Crippen molar-refractivity contribution in [1.29, 1.82) is 0 Å². The minimum Gasteiger partial charge on any atom is -0.338 e. The van der Waals surface area contributed by atoms with Crippen LogP contribution < -0.4 is 15.5 Å². The maximum absolute atomic E-state index is 12.0. The molecule has 2 aliphatic rings. The van der Waals surface area contributed by atoms with Crippen molar-refractivity contribution in [3.05, 3.63) is 47.1 Å². The number of nitrogens with one attached hydrogen (secondary N) is 2. The number of hydrogen-bond acceptors (Lipinski definition) is 9. The van der Waals surface area contributed by atoms with E-state index < -0.39 is 0 Å². The molecule has 0 bridgehead atoms. The average molecular weight is 541 g/mol. The Hall–Kier alpha value is -2.76. The topological polar surface area (TPSA) is 99.2 Å². The molecule has 1 saturated heterocycles. The zero-order chi connectivity index (χ0) is 23.5. The highest BCUT2D eigenvalue weighted by Crippen LogP contribution is 2.31. The minimum atomic E-state index is 0.104. The van der Waals surface area contributed by atoms with Gasteiger partial charge >= 0.3 is 0 Å². The van der Waals surface area contributed by atoms with Crippen molar-refractivity contribution in [2.24, 2.45) is 5.92 Å². The van der Waals surface area contributed by atoms with Crippen molar-refractivity contribution < 1.29 is 4.79 Å². The van der Waals surface area contributed by atoms with E-state index in [1.807, 2.05) is 36.4 Å². The molecule has 1 amide bonds. The molecule has 2 aromatic heterocycles. The van der Waals surface area contributed by atoms with Gasteiger partial charge in [-0.1, -0.05) is 0 Å². The molecule has 176 valence electrons. The number of piperazine rings is 1. The fourth-order valence-electron chi connectivity index (χ4n) is 3.46. The number of carbonyl (C=O) groups excluding carboxylic acids is 1. The molecule has 1 aliphatic heterocycles. The molecular weight excluding hydrogens is 516 g/mol. The first-order valence-corrected chi connectivity index (χ1v) is 12.8. The summed E-state index contributed by atoms with van der Waals surface area (Å²) in [5.41, 5.74) is 0.804. The van der Waals surface area contributed by atoms with Gasteiger partial charge in [-0.05, 0) is 84.0 Å². The van der Waals surface area contributed by atoms with Gasteiger partial charge in [0.25, 0.3) is 0 Å². The second-order valence-electron chi connectivity index (χ2n) is 8.41. The molecule has 0 spiro atoms. The predicted molar refractivity (Wildman–Crippen MR) is 137 cm³/mol. The van der Waals surface area contributed by atoms with Crippen LogP contribution in [0.1, 0.15) is 12.8 Å². The smallest absolute Gasteiger partial charge is 0.234 e. The zero-order valence-corrected chi connectivity index (χ0v) is 21.1. The van der Waals surface area contributed by atoms with E-state index in [2.05, 4.69) is 58.4 Å². The van der Waals surface area contributed by atoms with E-state index in [9.17, 15) is 4.79 Å². The third-order valence-electron chi connectivity index (χ3n) is 5.64. The number of hydrogen-bond donors (Lipinski definition) is 2. The lowest BCUT2D eigenvalue weighted by Gasteiger charge is -2.32. The summed E-state index contributed by atoms with van der Waals surface area (Å²) in [6.45, 7) is 3.63. The van der Waals surface area contributed by atoms with Crippen molar-refractivity contribution in [2.75, 3.05) is 48.8 Å². The van der Waals surface area contributed by atoms with E-state index >= 15 is 0 Å². The maximum Gasteiger partial charge on any atom is 0.234 e. The van der Waals surface area contributed by atoms with E-state index in [0.717, 1.165) is 54.1 Å². The number of likely N-dealkylation sites (N-methyl/N-ethyl adjacent to an activating group) is 1. The molecule has 0 radical (unpaired) electrons. The van der Waals surface area contributed by atoms with Crippen LogP contribution in [0.25, 0.3) is 0 Å². The van der Waals surface area contributed by atoms with Gasteiger partial charge in [0.05, 0.1) is 0 Å². The first-order valence-electron chi connectivity index (χ1n) is 11.2. The summed E-state index contributed by atoms with van der Waals surface area (Å²) >= 11 is 4.87. The lowest BCUT2D eigenvalue weighted by molar-refractivity contribution is -0.117. The van der Waals surface area contributed by atoms with Crippen molar-refractivity contribution in [2.45, 2.75) is 22.9 Å². The third kappa shape index (κ3) is 6.02. The van der Waals surface area contributed by atoms with E-state index in [1.165, 1.54) is 11.8 Å². The minimum absolute atomic E-state index is 0.104. The number of anilines is 4. The van der Waals surface area contributed by atoms with Gasteiger partial charge in [-0.2, -0.15) is 15.0 Å². The Bertz CT molecular complexity index is 1150. The van der Waals surface area contributed by atoms with Crippen molar-refractivity contribution >= 4 is 57.0 Å².